The highest BCUT2D eigenvalue weighted by Crippen LogP contribution is 2.50. The number of hydrogen-bond acceptors (Lipinski definition) is 9. The molecule has 0 spiro atoms. The molecule has 1 aliphatic heterocycles. The minimum Gasteiger partial charge on any atom is -0.465 e. The number of furan rings is 1. The standard InChI is InChI=1S/C12H9NO7S2/c1-18-11(14)9-10(12(15)19-2)22-8(21-9)5-6-3-4-7(20-6)13(16)17/h3-5H,1-2H3. The molecule has 2 heterocycles. The molecule has 0 amide bonds. The number of carbonyl (C=O) groups is 2. The van der Waals surface area contributed by atoms with Gasteiger partial charge in [-0.25, -0.2) is 9.59 Å². The number of ether oxygens (including phenoxy) is 2. The summed E-state index contributed by atoms with van der Waals surface area (Å²) >= 11 is 2.01. The first-order valence-corrected chi connectivity index (χ1v) is 7.32. The fourth-order valence-corrected chi connectivity index (χ4v) is 3.82. The Bertz CT molecular complexity index is 674. The number of rotatable bonds is 4. The maximum absolute atomic E-state index is 11.7. The van der Waals surface area contributed by atoms with Crippen LogP contribution >= 0.6 is 23.5 Å². The van der Waals surface area contributed by atoms with E-state index in [0.29, 0.717) is 4.24 Å². The van der Waals surface area contributed by atoms with Crippen LogP contribution in [0.1, 0.15) is 5.76 Å². The SMILES string of the molecule is COC(=O)C1=C(C(=O)OC)SC(=Cc2ccc([N+](=O)[O-])o2)S1. The number of nitrogens with zero attached hydrogens (tertiary/aromatic N) is 1. The summed E-state index contributed by atoms with van der Waals surface area (Å²) in [4.78, 5) is 33.5. The quantitative estimate of drug-likeness (QED) is 0.462. The minimum atomic E-state index is -0.660. The van der Waals surface area contributed by atoms with Crippen molar-refractivity contribution in [3.05, 3.63) is 42.1 Å². The van der Waals surface area contributed by atoms with Gasteiger partial charge >= 0.3 is 17.8 Å². The minimum absolute atomic E-state index is 0.103. The van der Waals surface area contributed by atoms with Crippen molar-refractivity contribution in [1.82, 2.24) is 0 Å². The smallest absolute Gasteiger partial charge is 0.433 e. The molecule has 0 atom stereocenters. The summed E-state index contributed by atoms with van der Waals surface area (Å²) in [6.45, 7) is 0. The number of hydrogen-bond donors (Lipinski definition) is 0. The Morgan fingerprint density at radius 1 is 1.18 bits per heavy atom. The van der Waals surface area contributed by atoms with Crippen LogP contribution in [0.2, 0.25) is 0 Å². The zero-order chi connectivity index (χ0) is 16.3. The van der Waals surface area contributed by atoms with Crippen LogP contribution in [0.5, 0.6) is 0 Å². The summed E-state index contributed by atoms with van der Waals surface area (Å²) < 4.78 is 14.8. The second-order valence-electron chi connectivity index (χ2n) is 3.74. The first-order valence-electron chi connectivity index (χ1n) is 5.68. The van der Waals surface area contributed by atoms with Gasteiger partial charge in [0.25, 0.3) is 0 Å². The molecule has 1 aliphatic rings. The van der Waals surface area contributed by atoms with Crippen LogP contribution in [-0.4, -0.2) is 31.1 Å². The Kier molecular flexibility index (Phi) is 4.93. The molecule has 0 bridgehead atoms. The van der Waals surface area contributed by atoms with E-state index in [-0.39, 0.29) is 15.6 Å². The van der Waals surface area contributed by atoms with E-state index in [1.807, 2.05) is 0 Å². The molecule has 1 aromatic rings. The van der Waals surface area contributed by atoms with Crippen molar-refractivity contribution < 1.29 is 28.4 Å². The molecule has 0 unspecified atom stereocenters. The van der Waals surface area contributed by atoms with E-state index in [4.69, 9.17) is 4.42 Å². The van der Waals surface area contributed by atoms with Crippen LogP contribution < -0.4 is 0 Å². The third-order valence-electron chi connectivity index (χ3n) is 2.41. The summed E-state index contributed by atoms with van der Waals surface area (Å²) in [5.74, 6) is -1.48. The van der Waals surface area contributed by atoms with Gasteiger partial charge in [0.15, 0.2) is 0 Å². The van der Waals surface area contributed by atoms with Crippen LogP contribution in [0.15, 0.2) is 30.6 Å². The number of nitro groups is 1. The van der Waals surface area contributed by atoms with Gasteiger partial charge in [-0.2, -0.15) is 0 Å². The zero-order valence-corrected chi connectivity index (χ0v) is 13.0. The first-order chi connectivity index (χ1) is 10.5. The topological polar surface area (TPSA) is 109 Å². The molecular weight excluding hydrogens is 334 g/mol. The Hall–Kier alpha value is -2.20. The molecule has 0 saturated carbocycles. The van der Waals surface area contributed by atoms with Crippen molar-refractivity contribution in [2.45, 2.75) is 0 Å². The van der Waals surface area contributed by atoms with E-state index in [9.17, 15) is 19.7 Å². The summed E-state index contributed by atoms with van der Waals surface area (Å²) in [5.41, 5.74) is 0. The maximum atomic E-state index is 11.7. The van der Waals surface area contributed by atoms with Gasteiger partial charge in [0.2, 0.25) is 0 Å². The number of methoxy groups -OCH3 is 2. The maximum Gasteiger partial charge on any atom is 0.433 e. The van der Waals surface area contributed by atoms with E-state index in [2.05, 4.69) is 9.47 Å². The largest absolute Gasteiger partial charge is 0.465 e. The van der Waals surface area contributed by atoms with Gasteiger partial charge in [-0.1, -0.05) is 23.5 Å². The number of thioether (sulfide) groups is 2. The lowest BCUT2D eigenvalue weighted by Gasteiger charge is -2.00. The Morgan fingerprint density at radius 3 is 2.14 bits per heavy atom. The van der Waals surface area contributed by atoms with Crippen LogP contribution in [-0.2, 0) is 19.1 Å². The molecule has 1 aromatic heterocycles. The van der Waals surface area contributed by atoms with Crippen molar-refractivity contribution in [2.75, 3.05) is 14.2 Å². The van der Waals surface area contributed by atoms with Crippen molar-refractivity contribution in [3.63, 3.8) is 0 Å². The van der Waals surface area contributed by atoms with E-state index in [1.165, 1.54) is 32.4 Å². The summed E-state index contributed by atoms with van der Waals surface area (Å²) in [6, 6.07) is 2.63. The van der Waals surface area contributed by atoms with E-state index < -0.39 is 22.7 Å². The second kappa shape index (κ2) is 6.71. The molecule has 8 nitrogen and oxygen atoms in total. The first kappa shape index (κ1) is 16.2. The zero-order valence-electron chi connectivity index (χ0n) is 11.4. The Morgan fingerprint density at radius 2 is 1.73 bits per heavy atom. The van der Waals surface area contributed by atoms with Gasteiger partial charge < -0.3 is 13.9 Å². The second-order valence-corrected chi connectivity index (χ2v) is 6.10. The monoisotopic (exact) mass is 343 g/mol. The molecular formula is C12H9NO7S2. The lowest BCUT2D eigenvalue weighted by atomic mass is 10.4. The van der Waals surface area contributed by atoms with Crippen LogP contribution in [0.3, 0.4) is 0 Å². The predicted molar refractivity (Wildman–Crippen MR) is 79.6 cm³/mol. The predicted octanol–water partition coefficient (Wildman–Crippen LogP) is 2.52. The highest BCUT2D eigenvalue weighted by molar-refractivity contribution is 8.29. The van der Waals surface area contributed by atoms with Gasteiger partial charge in [0.05, 0.1) is 24.5 Å². The lowest BCUT2D eigenvalue weighted by Crippen LogP contribution is -2.08. The fourth-order valence-electron chi connectivity index (χ4n) is 1.46. The van der Waals surface area contributed by atoms with Crippen LogP contribution in [0, 0.1) is 10.1 Å². The molecule has 0 aliphatic carbocycles. The summed E-state index contributed by atoms with van der Waals surface area (Å²) in [7, 11) is 2.40. The fraction of sp³-hybridized carbons (Fsp3) is 0.167. The molecule has 116 valence electrons. The van der Waals surface area contributed by atoms with Crippen LogP contribution in [0.25, 0.3) is 6.08 Å². The van der Waals surface area contributed by atoms with Gasteiger partial charge in [-0.3, -0.25) is 10.1 Å². The van der Waals surface area contributed by atoms with Crippen molar-refractivity contribution in [1.29, 1.82) is 0 Å². The molecule has 0 N–H and O–H groups in total. The summed E-state index contributed by atoms with van der Waals surface area (Å²) in [5, 5.41) is 10.6. The van der Waals surface area contributed by atoms with Gasteiger partial charge in [-0.05, 0) is 6.07 Å². The Balaban J connectivity index is 2.26. The molecule has 0 fully saturated rings. The highest BCUT2D eigenvalue weighted by atomic mass is 32.2. The van der Waals surface area contributed by atoms with Crippen molar-refractivity contribution in [3.8, 4) is 0 Å². The van der Waals surface area contributed by atoms with Crippen molar-refractivity contribution in [2.24, 2.45) is 0 Å². The summed E-state index contributed by atoms with van der Waals surface area (Å²) in [6.07, 6.45) is 1.49. The third kappa shape index (κ3) is 3.34. The number of esters is 2. The molecule has 2 rings (SSSR count). The number of carbonyl (C=O) groups excluding carboxylic acids is 2. The van der Waals surface area contributed by atoms with E-state index >= 15 is 0 Å². The molecule has 0 saturated heterocycles. The normalized spacial score (nSPS) is 14.0. The lowest BCUT2D eigenvalue weighted by molar-refractivity contribution is -0.402. The van der Waals surface area contributed by atoms with E-state index in [1.54, 1.807) is 0 Å². The van der Waals surface area contributed by atoms with Gasteiger partial charge in [0, 0.05) is 6.08 Å². The van der Waals surface area contributed by atoms with Gasteiger partial charge in [0.1, 0.15) is 20.5 Å². The van der Waals surface area contributed by atoms with Gasteiger partial charge in [-0.15, -0.1) is 0 Å². The van der Waals surface area contributed by atoms with Crippen LogP contribution in [0.4, 0.5) is 5.88 Å². The molecule has 10 heteroatoms. The molecule has 0 radical (unpaired) electrons. The van der Waals surface area contributed by atoms with Crippen molar-refractivity contribution >= 4 is 47.4 Å². The Labute approximate surface area is 132 Å². The van der Waals surface area contributed by atoms with E-state index in [0.717, 1.165) is 23.5 Å². The highest BCUT2D eigenvalue weighted by Gasteiger charge is 2.32. The third-order valence-corrected chi connectivity index (χ3v) is 4.82. The average Bonchev–Trinajstić information content (AvgIpc) is 3.13. The molecule has 0 aromatic carbocycles. The average molecular weight is 343 g/mol. The molecule has 22 heavy (non-hydrogen) atoms.